The first-order valence-corrected chi connectivity index (χ1v) is 12.7. The second kappa shape index (κ2) is 11.9. The van der Waals surface area contributed by atoms with Gasteiger partial charge < -0.3 is 14.6 Å². The van der Waals surface area contributed by atoms with Gasteiger partial charge in [0.15, 0.2) is 5.16 Å². The molecule has 7 nitrogen and oxygen atoms in total. The lowest BCUT2D eigenvalue weighted by atomic mass is 10.2. The molecule has 2 aromatic carbocycles. The zero-order valence-corrected chi connectivity index (χ0v) is 20.8. The number of aromatic nitrogens is 3. The van der Waals surface area contributed by atoms with E-state index in [-0.39, 0.29) is 17.8 Å². The first kappa shape index (κ1) is 24.9. The van der Waals surface area contributed by atoms with Crippen molar-refractivity contribution >= 4 is 41.1 Å². The van der Waals surface area contributed by atoms with Gasteiger partial charge in [-0.3, -0.25) is 4.79 Å². The molecule has 33 heavy (non-hydrogen) atoms. The van der Waals surface area contributed by atoms with E-state index in [2.05, 4.69) is 46.7 Å². The van der Waals surface area contributed by atoms with Crippen molar-refractivity contribution in [1.82, 2.24) is 14.8 Å². The molecule has 0 radical (unpaired) electrons. The average Bonchev–Trinajstić information content (AvgIpc) is 3.19. The largest absolute Gasteiger partial charge is 0.459 e. The number of anilines is 1. The molecule has 3 rings (SSSR count). The summed E-state index contributed by atoms with van der Waals surface area (Å²) in [7, 11) is 0. The summed E-state index contributed by atoms with van der Waals surface area (Å²) in [6.07, 6.45) is -0.205. The molecule has 1 N–H and O–H groups in total. The Labute approximate surface area is 202 Å². The van der Waals surface area contributed by atoms with Crippen LogP contribution in [0.25, 0.3) is 0 Å². The number of esters is 1. The van der Waals surface area contributed by atoms with Gasteiger partial charge in [0, 0.05) is 17.1 Å². The lowest BCUT2D eigenvalue weighted by molar-refractivity contribution is -0.113. The van der Waals surface area contributed by atoms with Gasteiger partial charge in [0.2, 0.25) is 5.91 Å². The number of carbonyl (C=O) groups is 2. The van der Waals surface area contributed by atoms with Gasteiger partial charge in [0.1, 0.15) is 5.82 Å². The second-order valence-electron chi connectivity index (χ2n) is 7.62. The number of amides is 1. The van der Waals surface area contributed by atoms with E-state index in [0.717, 1.165) is 12.4 Å². The molecule has 1 aromatic heterocycles. The number of thioether (sulfide) groups is 2. The van der Waals surface area contributed by atoms with Crippen molar-refractivity contribution in [1.29, 1.82) is 0 Å². The molecular formula is C24H28N4O3S2. The number of benzene rings is 2. The maximum absolute atomic E-state index is 12.5. The highest BCUT2D eigenvalue weighted by Gasteiger charge is 2.15. The third-order valence-corrected chi connectivity index (χ3v) is 6.53. The summed E-state index contributed by atoms with van der Waals surface area (Å²) in [6, 6.07) is 15.1. The minimum Gasteiger partial charge on any atom is -0.459 e. The standard InChI is InChI=1S/C24H28N4O3S2/c1-5-28-21(14-32-20-11-9-17(4)10-12-20)26-27-24(28)33-15-22(29)25-19-8-6-7-18(13-19)23(30)31-16(2)3/h6-13,16H,5,14-15H2,1-4H3,(H,25,29). The maximum atomic E-state index is 12.5. The molecule has 0 aliphatic heterocycles. The molecule has 1 heterocycles. The predicted octanol–water partition coefficient (Wildman–Crippen LogP) is 5.19. The number of hydrogen-bond donors (Lipinski definition) is 1. The van der Waals surface area contributed by atoms with Crippen LogP contribution >= 0.6 is 23.5 Å². The van der Waals surface area contributed by atoms with Gasteiger partial charge in [-0.05, 0) is 58.0 Å². The van der Waals surface area contributed by atoms with Gasteiger partial charge in [-0.25, -0.2) is 4.79 Å². The highest BCUT2D eigenvalue weighted by atomic mass is 32.2. The minimum atomic E-state index is -0.414. The van der Waals surface area contributed by atoms with Crippen molar-refractivity contribution in [3.8, 4) is 0 Å². The van der Waals surface area contributed by atoms with Crippen LogP contribution in [0.3, 0.4) is 0 Å². The molecule has 0 fully saturated rings. The summed E-state index contributed by atoms with van der Waals surface area (Å²) in [5, 5.41) is 12.1. The monoisotopic (exact) mass is 484 g/mol. The van der Waals surface area contributed by atoms with Crippen LogP contribution < -0.4 is 5.32 Å². The van der Waals surface area contributed by atoms with Crippen molar-refractivity contribution in [2.24, 2.45) is 0 Å². The number of hydrogen-bond acceptors (Lipinski definition) is 7. The third kappa shape index (κ3) is 7.36. The van der Waals surface area contributed by atoms with Gasteiger partial charge in [-0.15, -0.1) is 22.0 Å². The van der Waals surface area contributed by atoms with Gasteiger partial charge in [-0.2, -0.15) is 0 Å². The zero-order chi connectivity index (χ0) is 23.8. The summed E-state index contributed by atoms with van der Waals surface area (Å²) in [6.45, 7) is 8.42. The van der Waals surface area contributed by atoms with Crippen molar-refractivity contribution in [3.63, 3.8) is 0 Å². The Morgan fingerprint density at radius 2 is 1.85 bits per heavy atom. The van der Waals surface area contributed by atoms with Crippen LogP contribution in [0.2, 0.25) is 0 Å². The van der Waals surface area contributed by atoms with Gasteiger partial charge in [0.25, 0.3) is 0 Å². The predicted molar refractivity (Wildman–Crippen MR) is 133 cm³/mol. The number of ether oxygens (including phenoxy) is 1. The molecule has 9 heteroatoms. The number of rotatable bonds is 10. The van der Waals surface area contributed by atoms with Crippen LogP contribution in [-0.2, 0) is 21.8 Å². The van der Waals surface area contributed by atoms with Crippen LogP contribution in [0.15, 0.2) is 58.6 Å². The van der Waals surface area contributed by atoms with E-state index < -0.39 is 5.97 Å². The Kier molecular flexibility index (Phi) is 8.96. The third-order valence-electron chi connectivity index (χ3n) is 4.56. The van der Waals surface area contributed by atoms with E-state index in [1.807, 2.05) is 11.5 Å². The van der Waals surface area contributed by atoms with E-state index in [0.29, 0.717) is 22.2 Å². The summed E-state index contributed by atoms with van der Waals surface area (Å²) in [5.74, 6) is 1.17. The Hall–Kier alpha value is -2.78. The van der Waals surface area contributed by atoms with Gasteiger partial charge >= 0.3 is 5.97 Å². The number of nitrogens with zero attached hydrogens (tertiary/aromatic N) is 3. The Balaban J connectivity index is 1.56. The zero-order valence-electron chi connectivity index (χ0n) is 19.2. The second-order valence-corrected chi connectivity index (χ2v) is 9.61. The molecule has 0 saturated heterocycles. The van der Waals surface area contributed by atoms with Crippen LogP contribution in [-0.4, -0.2) is 38.5 Å². The fourth-order valence-corrected chi connectivity index (χ4v) is 4.62. The molecule has 0 spiro atoms. The van der Waals surface area contributed by atoms with Gasteiger partial charge in [0.05, 0.1) is 23.2 Å². The number of nitrogens with one attached hydrogen (secondary N) is 1. The van der Waals surface area contributed by atoms with E-state index in [9.17, 15) is 9.59 Å². The van der Waals surface area contributed by atoms with E-state index >= 15 is 0 Å². The molecule has 0 unspecified atom stereocenters. The highest BCUT2D eigenvalue weighted by molar-refractivity contribution is 7.99. The summed E-state index contributed by atoms with van der Waals surface area (Å²) in [5.41, 5.74) is 2.18. The van der Waals surface area contributed by atoms with Crippen molar-refractivity contribution in [2.45, 2.75) is 56.1 Å². The summed E-state index contributed by atoms with van der Waals surface area (Å²) in [4.78, 5) is 25.7. The average molecular weight is 485 g/mol. The van der Waals surface area contributed by atoms with Crippen molar-refractivity contribution < 1.29 is 14.3 Å². The lowest BCUT2D eigenvalue weighted by Crippen LogP contribution is -2.16. The van der Waals surface area contributed by atoms with E-state index in [1.165, 1.54) is 22.2 Å². The number of aryl methyl sites for hydroxylation is 1. The van der Waals surface area contributed by atoms with Crippen LogP contribution in [0.5, 0.6) is 0 Å². The van der Waals surface area contributed by atoms with E-state index in [1.54, 1.807) is 49.9 Å². The molecule has 0 aliphatic rings. The van der Waals surface area contributed by atoms with Gasteiger partial charge in [-0.1, -0.05) is 35.5 Å². The van der Waals surface area contributed by atoms with Crippen molar-refractivity contribution in [2.75, 3.05) is 11.1 Å². The fraction of sp³-hybridized carbons (Fsp3) is 0.333. The minimum absolute atomic E-state index is 0.184. The normalized spacial score (nSPS) is 10.9. The quantitative estimate of drug-likeness (QED) is 0.313. The molecule has 0 aliphatic carbocycles. The topological polar surface area (TPSA) is 86.1 Å². The Morgan fingerprint density at radius 3 is 2.55 bits per heavy atom. The Morgan fingerprint density at radius 1 is 1.09 bits per heavy atom. The van der Waals surface area contributed by atoms with E-state index in [4.69, 9.17) is 4.74 Å². The lowest BCUT2D eigenvalue weighted by Gasteiger charge is -2.10. The summed E-state index contributed by atoms with van der Waals surface area (Å²) < 4.78 is 7.24. The first-order valence-electron chi connectivity index (χ1n) is 10.7. The molecular weight excluding hydrogens is 456 g/mol. The molecule has 0 saturated carbocycles. The Bertz CT molecular complexity index is 1100. The summed E-state index contributed by atoms with van der Waals surface area (Å²) >= 11 is 3.05. The fourth-order valence-electron chi connectivity index (χ4n) is 2.97. The van der Waals surface area contributed by atoms with Crippen LogP contribution in [0.1, 0.15) is 42.5 Å². The first-order chi connectivity index (χ1) is 15.9. The highest BCUT2D eigenvalue weighted by Crippen LogP contribution is 2.25. The number of carbonyl (C=O) groups excluding carboxylic acids is 2. The SMILES string of the molecule is CCn1c(CSc2ccc(C)cc2)nnc1SCC(=O)Nc1cccc(C(=O)OC(C)C)c1. The molecule has 3 aromatic rings. The molecule has 0 atom stereocenters. The van der Waals surface area contributed by atoms with Crippen LogP contribution in [0.4, 0.5) is 5.69 Å². The van der Waals surface area contributed by atoms with Crippen LogP contribution in [0, 0.1) is 6.92 Å². The molecule has 1 amide bonds. The van der Waals surface area contributed by atoms with Crippen molar-refractivity contribution in [3.05, 3.63) is 65.5 Å². The smallest absolute Gasteiger partial charge is 0.338 e. The maximum Gasteiger partial charge on any atom is 0.338 e. The molecule has 174 valence electrons. The molecule has 0 bridgehead atoms.